The van der Waals surface area contributed by atoms with E-state index < -0.39 is 0 Å². The molecule has 5 heteroatoms. The largest absolute Gasteiger partial charge is 0.458 e. The number of isocyanates is 1. The minimum Gasteiger partial charge on any atom is -0.458 e. The van der Waals surface area contributed by atoms with Crippen LogP contribution in [0.3, 0.4) is 0 Å². The maximum absolute atomic E-state index is 10.8. The molecule has 0 fully saturated rings. The number of halogens is 1. The molecular formula is C11H10ClNO3. The first-order valence-corrected chi connectivity index (χ1v) is 4.97. The topological polar surface area (TPSA) is 55.7 Å². The van der Waals surface area contributed by atoms with Gasteiger partial charge in [-0.3, -0.25) is 4.79 Å². The smallest absolute Gasteiger partial charge is 0.303 e. The molecule has 0 aliphatic rings. The Balaban J connectivity index is 2.96. The zero-order valence-electron chi connectivity index (χ0n) is 8.86. The maximum Gasteiger partial charge on any atom is 0.303 e. The molecule has 0 aliphatic heterocycles. The van der Waals surface area contributed by atoms with Gasteiger partial charge in [-0.05, 0) is 24.6 Å². The Morgan fingerprint density at radius 2 is 2.25 bits per heavy atom. The van der Waals surface area contributed by atoms with E-state index in [9.17, 15) is 9.59 Å². The number of nitrogens with zero attached hydrogens (tertiary/aromatic N) is 1. The number of hydrogen-bond donors (Lipinski definition) is 0. The van der Waals surface area contributed by atoms with Crippen LogP contribution in [-0.2, 0) is 14.3 Å². The van der Waals surface area contributed by atoms with Gasteiger partial charge in [0.05, 0.1) is 10.7 Å². The second-order valence-corrected chi connectivity index (χ2v) is 3.57. The van der Waals surface area contributed by atoms with Crippen LogP contribution in [0.4, 0.5) is 5.69 Å². The highest BCUT2D eigenvalue weighted by molar-refractivity contribution is 6.33. The molecule has 1 aromatic carbocycles. The first-order chi connectivity index (χ1) is 7.54. The summed E-state index contributed by atoms with van der Waals surface area (Å²) in [7, 11) is 0. The van der Waals surface area contributed by atoms with Crippen LogP contribution in [0.5, 0.6) is 0 Å². The van der Waals surface area contributed by atoms with E-state index in [0.717, 1.165) is 5.56 Å². The molecule has 4 nitrogen and oxygen atoms in total. The normalized spacial score (nSPS) is 11.4. The Morgan fingerprint density at radius 3 is 2.75 bits per heavy atom. The average molecular weight is 240 g/mol. The molecule has 0 aromatic heterocycles. The van der Waals surface area contributed by atoms with Crippen molar-refractivity contribution in [2.75, 3.05) is 0 Å². The molecule has 1 unspecified atom stereocenters. The van der Waals surface area contributed by atoms with Crippen LogP contribution in [0.2, 0.25) is 5.02 Å². The van der Waals surface area contributed by atoms with E-state index in [1.54, 1.807) is 25.1 Å². The fourth-order valence-electron chi connectivity index (χ4n) is 1.23. The molecule has 16 heavy (non-hydrogen) atoms. The molecule has 1 rings (SSSR count). The molecule has 0 bridgehead atoms. The van der Waals surface area contributed by atoms with Crippen molar-refractivity contribution in [2.45, 2.75) is 20.0 Å². The minimum atomic E-state index is -0.385. The van der Waals surface area contributed by atoms with E-state index in [1.807, 2.05) is 0 Å². The maximum atomic E-state index is 10.8. The van der Waals surface area contributed by atoms with Crippen molar-refractivity contribution < 1.29 is 14.3 Å². The zero-order chi connectivity index (χ0) is 12.1. The predicted octanol–water partition coefficient (Wildman–Crippen LogP) is 2.93. The first kappa shape index (κ1) is 12.4. The lowest BCUT2D eigenvalue weighted by Gasteiger charge is -2.12. The molecule has 0 amide bonds. The van der Waals surface area contributed by atoms with Crippen LogP contribution in [0, 0.1) is 0 Å². The van der Waals surface area contributed by atoms with E-state index in [1.165, 1.54) is 13.0 Å². The van der Waals surface area contributed by atoms with Gasteiger partial charge in [0, 0.05) is 6.92 Å². The second kappa shape index (κ2) is 5.45. The van der Waals surface area contributed by atoms with Crippen LogP contribution in [0.15, 0.2) is 23.2 Å². The SMILES string of the molecule is CC(=O)OC(C)c1ccc(N=C=O)c(Cl)c1. The summed E-state index contributed by atoms with van der Waals surface area (Å²) in [4.78, 5) is 24.3. The predicted molar refractivity (Wildman–Crippen MR) is 59.4 cm³/mol. The molecule has 0 N–H and O–H groups in total. The van der Waals surface area contributed by atoms with Gasteiger partial charge in [0.25, 0.3) is 0 Å². The average Bonchev–Trinajstić information content (AvgIpc) is 2.20. The molecule has 0 aliphatic carbocycles. The number of ether oxygens (including phenoxy) is 1. The number of carbonyl (C=O) groups is 1. The highest BCUT2D eigenvalue weighted by Crippen LogP contribution is 2.28. The van der Waals surface area contributed by atoms with Crippen molar-refractivity contribution in [3.8, 4) is 0 Å². The van der Waals surface area contributed by atoms with Gasteiger partial charge in [0.15, 0.2) is 0 Å². The minimum absolute atomic E-state index is 0.319. The van der Waals surface area contributed by atoms with Gasteiger partial charge in [-0.1, -0.05) is 17.7 Å². The van der Waals surface area contributed by atoms with Gasteiger partial charge in [-0.2, -0.15) is 4.99 Å². The molecule has 0 saturated carbocycles. The molecule has 84 valence electrons. The van der Waals surface area contributed by atoms with Crippen LogP contribution >= 0.6 is 11.6 Å². The summed E-state index contributed by atoms with van der Waals surface area (Å²) in [6.07, 6.45) is 1.03. The van der Waals surface area contributed by atoms with Crippen molar-refractivity contribution in [1.29, 1.82) is 0 Å². The van der Waals surface area contributed by atoms with E-state index >= 15 is 0 Å². The number of carbonyl (C=O) groups excluding carboxylic acids is 2. The number of benzene rings is 1. The summed E-state index contributed by atoms with van der Waals surface area (Å²) in [5.74, 6) is -0.362. The van der Waals surface area contributed by atoms with Gasteiger partial charge in [-0.15, -0.1) is 0 Å². The van der Waals surface area contributed by atoms with Crippen molar-refractivity contribution in [2.24, 2.45) is 4.99 Å². The lowest BCUT2D eigenvalue weighted by atomic mass is 10.1. The van der Waals surface area contributed by atoms with Crippen LogP contribution in [0.1, 0.15) is 25.5 Å². The summed E-state index contributed by atoms with van der Waals surface area (Å²) in [5.41, 5.74) is 1.08. The third-order valence-electron chi connectivity index (χ3n) is 1.95. The van der Waals surface area contributed by atoms with Crippen LogP contribution in [-0.4, -0.2) is 12.0 Å². The Bertz CT molecular complexity index is 453. The number of aliphatic imine (C=N–C) groups is 1. The Labute approximate surface area is 97.9 Å². The van der Waals surface area contributed by atoms with Gasteiger partial charge in [0.2, 0.25) is 6.08 Å². The molecule has 0 saturated heterocycles. The first-order valence-electron chi connectivity index (χ1n) is 4.59. The zero-order valence-corrected chi connectivity index (χ0v) is 9.62. The molecule has 1 atom stereocenters. The summed E-state index contributed by atoms with van der Waals surface area (Å²) in [6, 6.07) is 4.86. The van der Waals surface area contributed by atoms with Gasteiger partial charge >= 0.3 is 5.97 Å². The number of rotatable bonds is 3. The van der Waals surface area contributed by atoms with Crippen LogP contribution in [0.25, 0.3) is 0 Å². The third-order valence-corrected chi connectivity index (χ3v) is 2.25. The highest BCUT2D eigenvalue weighted by Gasteiger charge is 2.10. The van der Waals surface area contributed by atoms with Gasteiger partial charge in [0.1, 0.15) is 6.10 Å². The van der Waals surface area contributed by atoms with Gasteiger partial charge < -0.3 is 4.74 Å². The quantitative estimate of drug-likeness (QED) is 0.463. The number of hydrogen-bond acceptors (Lipinski definition) is 4. The van der Waals surface area contributed by atoms with Crippen molar-refractivity contribution in [1.82, 2.24) is 0 Å². The van der Waals surface area contributed by atoms with Crippen molar-refractivity contribution in [3.05, 3.63) is 28.8 Å². The second-order valence-electron chi connectivity index (χ2n) is 3.17. The Kier molecular flexibility index (Phi) is 4.23. The summed E-state index contributed by atoms with van der Waals surface area (Å²) >= 11 is 5.88. The summed E-state index contributed by atoms with van der Waals surface area (Å²) < 4.78 is 4.99. The lowest BCUT2D eigenvalue weighted by Crippen LogP contribution is -2.04. The van der Waals surface area contributed by atoms with E-state index in [0.29, 0.717) is 10.7 Å². The fraction of sp³-hybridized carbons (Fsp3) is 0.273. The molecular weight excluding hydrogens is 230 g/mol. The van der Waals surface area contributed by atoms with E-state index in [2.05, 4.69) is 4.99 Å². The summed E-state index contributed by atoms with van der Waals surface area (Å²) in [6.45, 7) is 3.07. The number of esters is 1. The fourth-order valence-corrected chi connectivity index (χ4v) is 1.46. The van der Waals surface area contributed by atoms with E-state index in [4.69, 9.17) is 16.3 Å². The van der Waals surface area contributed by atoms with Crippen LogP contribution < -0.4 is 0 Å². The monoisotopic (exact) mass is 239 g/mol. The van der Waals surface area contributed by atoms with Gasteiger partial charge in [-0.25, -0.2) is 4.79 Å². The highest BCUT2D eigenvalue weighted by atomic mass is 35.5. The van der Waals surface area contributed by atoms with E-state index in [-0.39, 0.29) is 12.1 Å². The molecule has 0 heterocycles. The molecule has 0 spiro atoms. The van der Waals surface area contributed by atoms with Crippen molar-refractivity contribution in [3.63, 3.8) is 0 Å². The Morgan fingerprint density at radius 1 is 1.56 bits per heavy atom. The summed E-state index contributed by atoms with van der Waals surface area (Å²) in [5, 5.41) is 0.319. The standard InChI is InChI=1S/C11H10ClNO3/c1-7(16-8(2)15)9-3-4-11(13-6-14)10(12)5-9/h3-5,7H,1-2H3. The molecule has 0 radical (unpaired) electrons. The van der Waals surface area contributed by atoms with Crippen molar-refractivity contribution >= 4 is 29.3 Å². The molecule has 1 aromatic rings. The third kappa shape index (κ3) is 3.19. The Hall–Kier alpha value is -1.64. The lowest BCUT2D eigenvalue weighted by molar-refractivity contribution is -0.145.